The third-order valence-corrected chi connectivity index (χ3v) is 1.60. The summed E-state index contributed by atoms with van der Waals surface area (Å²) in [7, 11) is 1.48. The summed E-state index contributed by atoms with van der Waals surface area (Å²) in [5.74, 6) is 0. The molecule has 0 aliphatic rings. The molecule has 2 N–H and O–H groups in total. The number of nitrogens with zero attached hydrogens (tertiary/aromatic N) is 1. The van der Waals surface area contributed by atoms with Crippen molar-refractivity contribution in [3.63, 3.8) is 0 Å². The minimum atomic E-state index is -2.28. The number of hydrogen-bond donors (Lipinski definition) is 1. The zero-order valence-corrected chi connectivity index (χ0v) is 6.64. The van der Waals surface area contributed by atoms with Crippen molar-refractivity contribution in [2.45, 2.75) is 6.92 Å². The van der Waals surface area contributed by atoms with Crippen LogP contribution in [-0.4, -0.2) is 22.0 Å². The summed E-state index contributed by atoms with van der Waals surface area (Å²) < 4.78 is 20.6. The number of hydrogen-bond acceptors (Lipinski definition) is 4. The molecule has 4 nitrogen and oxygen atoms in total. The predicted molar refractivity (Wildman–Crippen MR) is 40.2 cm³/mol. The molecule has 0 aliphatic heterocycles. The average molecular weight is 161 g/mol. The lowest BCUT2D eigenvalue weighted by Gasteiger charge is -2.05. The molecule has 0 bridgehead atoms. The average Bonchev–Trinajstić information content (AvgIpc) is 1.81. The maximum Gasteiger partial charge on any atom is 0.0611 e. The van der Waals surface area contributed by atoms with Crippen molar-refractivity contribution in [1.82, 2.24) is 0 Å². The van der Waals surface area contributed by atoms with E-state index in [0.29, 0.717) is 0 Å². The van der Waals surface area contributed by atoms with E-state index < -0.39 is 11.1 Å². The van der Waals surface area contributed by atoms with Crippen molar-refractivity contribution in [2.75, 3.05) is 7.05 Å². The van der Waals surface area contributed by atoms with Crippen molar-refractivity contribution in [3.8, 4) is 0 Å². The van der Waals surface area contributed by atoms with Crippen LogP contribution in [0.5, 0.6) is 0 Å². The fourth-order valence-corrected chi connectivity index (χ4v) is 0.848. The van der Waals surface area contributed by atoms with Gasteiger partial charge in [-0.1, -0.05) is 0 Å². The number of allylic oxidation sites excluding steroid dienone is 2. The highest BCUT2D eigenvalue weighted by atomic mass is 32.2. The largest absolute Gasteiger partial charge is 0.768 e. The van der Waals surface area contributed by atoms with E-state index in [1.807, 2.05) is 0 Å². The van der Waals surface area contributed by atoms with Gasteiger partial charge in [0.1, 0.15) is 0 Å². The quantitative estimate of drug-likeness (QED) is 0.448. The molecule has 0 heterocycles. The van der Waals surface area contributed by atoms with Gasteiger partial charge in [0.05, 0.1) is 4.91 Å². The van der Waals surface area contributed by atoms with Gasteiger partial charge in [0.15, 0.2) is 0 Å². The van der Waals surface area contributed by atoms with Crippen molar-refractivity contribution in [1.29, 1.82) is 0 Å². The molecule has 0 aromatic heterocycles. The van der Waals surface area contributed by atoms with Crippen molar-refractivity contribution in [3.05, 3.63) is 10.6 Å². The molecule has 0 saturated carbocycles. The summed E-state index contributed by atoms with van der Waals surface area (Å²) in [4.78, 5) is 3.57. The lowest BCUT2D eigenvalue weighted by Crippen LogP contribution is -2.04. The van der Waals surface area contributed by atoms with Crippen LogP contribution in [0.3, 0.4) is 0 Å². The molecule has 10 heavy (non-hydrogen) atoms. The highest BCUT2D eigenvalue weighted by molar-refractivity contribution is 7.84. The molecule has 1 unspecified atom stereocenters. The minimum Gasteiger partial charge on any atom is -0.768 e. The second-order valence-corrected chi connectivity index (χ2v) is 2.58. The van der Waals surface area contributed by atoms with Gasteiger partial charge in [0, 0.05) is 19.0 Å². The Kier molecular flexibility index (Phi) is 3.90. The third-order valence-electron chi connectivity index (χ3n) is 0.815. The molecular weight excluding hydrogens is 152 g/mol. The lowest BCUT2D eigenvalue weighted by atomic mass is 10.5. The Bertz CT molecular complexity index is 194. The molecule has 0 rings (SSSR count). The molecule has 1 atom stereocenters. The Labute approximate surface area is 62.1 Å². The van der Waals surface area contributed by atoms with Crippen LogP contribution in [0.4, 0.5) is 0 Å². The van der Waals surface area contributed by atoms with E-state index in [1.165, 1.54) is 20.2 Å². The van der Waals surface area contributed by atoms with Crippen molar-refractivity contribution < 1.29 is 8.76 Å². The topological polar surface area (TPSA) is 78.5 Å². The molecule has 0 fully saturated rings. The van der Waals surface area contributed by atoms with Gasteiger partial charge in [-0.3, -0.25) is 9.20 Å². The molecule has 0 spiro atoms. The normalized spacial score (nSPS) is 17.1. The first-order valence-corrected chi connectivity index (χ1v) is 3.65. The Morgan fingerprint density at radius 2 is 2.30 bits per heavy atom. The molecule has 58 valence electrons. The summed E-state index contributed by atoms with van der Waals surface area (Å²) >= 11 is -2.28. The van der Waals surface area contributed by atoms with Crippen LogP contribution in [0.1, 0.15) is 6.92 Å². The first-order valence-electron chi connectivity index (χ1n) is 2.57. The maximum atomic E-state index is 10.3. The standard InChI is InChI=1S/C5H10N2O2S/c1-4(6)5(3-7-2)10(8)9/h3H,6H2,1-2H3,(H,8,9)/p-1. The van der Waals surface area contributed by atoms with Gasteiger partial charge in [-0.15, -0.1) is 0 Å². The van der Waals surface area contributed by atoms with E-state index >= 15 is 0 Å². The van der Waals surface area contributed by atoms with E-state index in [9.17, 15) is 8.76 Å². The SMILES string of the molecule is CN=CC(=C(C)N)S(=O)[O-]. The summed E-state index contributed by atoms with van der Waals surface area (Å²) in [5, 5.41) is 0. The van der Waals surface area contributed by atoms with Crippen LogP contribution in [0, 0.1) is 0 Å². The van der Waals surface area contributed by atoms with Crippen molar-refractivity contribution in [2.24, 2.45) is 10.7 Å². The molecule has 0 amide bonds. The van der Waals surface area contributed by atoms with Gasteiger partial charge in [0.25, 0.3) is 0 Å². The van der Waals surface area contributed by atoms with Crippen LogP contribution >= 0.6 is 0 Å². The van der Waals surface area contributed by atoms with Gasteiger partial charge in [-0.05, 0) is 18.0 Å². The van der Waals surface area contributed by atoms with Crippen molar-refractivity contribution >= 4 is 17.3 Å². The summed E-state index contributed by atoms with van der Waals surface area (Å²) in [5.41, 5.74) is 5.47. The molecular formula is C5H9N2O2S-. The Hall–Kier alpha value is -0.680. The smallest absolute Gasteiger partial charge is 0.0611 e. The zero-order valence-electron chi connectivity index (χ0n) is 5.83. The fourth-order valence-electron chi connectivity index (χ4n) is 0.394. The molecule has 0 aromatic rings. The minimum absolute atomic E-state index is 0.0440. The van der Waals surface area contributed by atoms with E-state index in [1.54, 1.807) is 0 Å². The Morgan fingerprint density at radius 3 is 2.40 bits per heavy atom. The fraction of sp³-hybridized carbons (Fsp3) is 0.400. The summed E-state index contributed by atoms with van der Waals surface area (Å²) in [6.45, 7) is 1.51. The molecule has 0 radical (unpaired) electrons. The Balaban J connectivity index is 4.61. The zero-order chi connectivity index (χ0) is 8.15. The van der Waals surface area contributed by atoms with Crippen LogP contribution in [0.2, 0.25) is 0 Å². The first-order chi connectivity index (χ1) is 4.59. The summed E-state index contributed by atoms with van der Waals surface area (Å²) in [6.07, 6.45) is 1.21. The third kappa shape index (κ3) is 2.75. The Morgan fingerprint density at radius 1 is 1.80 bits per heavy atom. The first kappa shape index (κ1) is 9.32. The maximum absolute atomic E-state index is 10.3. The number of nitrogens with two attached hydrogens (primary N) is 1. The van der Waals surface area contributed by atoms with E-state index in [-0.39, 0.29) is 10.6 Å². The monoisotopic (exact) mass is 161 g/mol. The predicted octanol–water partition coefficient (Wildman–Crippen LogP) is -0.244. The van der Waals surface area contributed by atoms with E-state index in [0.717, 1.165) is 0 Å². The lowest BCUT2D eigenvalue weighted by molar-refractivity contribution is 0.545. The van der Waals surface area contributed by atoms with Crippen LogP contribution in [-0.2, 0) is 11.1 Å². The van der Waals surface area contributed by atoms with Gasteiger partial charge >= 0.3 is 0 Å². The molecule has 0 saturated heterocycles. The molecule has 0 aliphatic carbocycles. The molecule has 0 aromatic carbocycles. The van der Waals surface area contributed by atoms with Crippen LogP contribution in [0.15, 0.2) is 15.6 Å². The van der Waals surface area contributed by atoms with Gasteiger partial charge < -0.3 is 10.3 Å². The molecule has 5 heteroatoms. The van der Waals surface area contributed by atoms with Crippen LogP contribution < -0.4 is 5.73 Å². The van der Waals surface area contributed by atoms with Gasteiger partial charge in [0.2, 0.25) is 0 Å². The highest BCUT2D eigenvalue weighted by Gasteiger charge is 1.94. The van der Waals surface area contributed by atoms with E-state index in [4.69, 9.17) is 5.73 Å². The number of rotatable bonds is 2. The van der Waals surface area contributed by atoms with Gasteiger partial charge in [-0.2, -0.15) is 0 Å². The van der Waals surface area contributed by atoms with Gasteiger partial charge in [-0.25, -0.2) is 0 Å². The summed E-state index contributed by atoms with van der Waals surface area (Å²) in [6, 6.07) is 0. The van der Waals surface area contributed by atoms with Crippen LogP contribution in [0.25, 0.3) is 0 Å². The highest BCUT2D eigenvalue weighted by Crippen LogP contribution is 1.98. The van der Waals surface area contributed by atoms with E-state index in [2.05, 4.69) is 4.99 Å². The second-order valence-electron chi connectivity index (χ2n) is 1.67. The second kappa shape index (κ2) is 4.19. The number of aliphatic imine (C=N–C) groups is 1.